The molecular formula is C31H48N2. The third-order valence-electron chi connectivity index (χ3n) is 7.74. The van der Waals surface area contributed by atoms with Crippen molar-refractivity contribution in [2.75, 3.05) is 31.1 Å². The van der Waals surface area contributed by atoms with Crippen LogP contribution in [0.15, 0.2) is 42.5 Å². The van der Waals surface area contributed by atoms with E-state index in [1.165, 1.54) is 99.9 Å². The van der Waals surface area contributed by atoms with E-state index in [9.17, 15) is 0 Å². The smallest absolute Gasteiger partial charge is 0.0401 e. The van der Waals surface area contributed by atoms with Gasteiger partial charge in [-0.05, 0) is 98.2 Å². The summed E-state index contributed by atoms with van der Waals surface area (Å²) in [7, 11) is 0. The molecule has 2 aromatic rings. The normalized spacial score (nSPS) is 17.2. The fraction of sp³-hybridized carbons (Fsp3) is 0.613. The average Bonchev–Trinajstić information content (AvgIpc) is 2.89. The molecule has 1 fully saturated rings. The first-order valence-corrected chi connectivity index (χ1v) is 13.8. The molecule has 0 aromatic heterocycles. The van der Waals surface area contributed by atoms with Gasteiger partial charge < -0.3 is 10.2 Å². The Kier molecular flexibility index (Phi) is 10.8. The zero-order chi connectivity index (χ0) is 23.5. The van der Waals surface area contributed by atoms with E-state index in [1.54, 1.807) is 5.56 Å². The van der Waals surface area contributed by atoms with Crippen molar-refractivity contribution in [3.05, 3.63) is 64.7 Å². The Bertz CT molecular complexity index is 804. The lowest BCUT2D eigenvalue weighted by atomic mass is 9.90. The molecule has 0 bridgehead atoms. The Labute approximate surface area is 204 Å². The fourth-order valence-corrected chi connectivity index (χ4v) is 5.18. The van der Waals surface area contributed by atoms with E-state index < -0.39 is 0 Å². The molecule has 1 atom stereocenters. The van der Waals surface area contributed by atoms with Crippen LogP contribution in [0.5, 0.6) is 0 Å². The van der Waals surface area contributed by atoms with Gasteiger partial charge in [0.25, 0.3) is 0 Å². The number of hydrogen-bond acceptors (Lipinski definition) is 2. The third kappa shape index (κ3) is 7.60. The molecule has 0 unspecified atom stereocenters. The van der Waals surface area contributed by atoms with Crippen LogP contribution in [0.4, 0.5) is 5.69 Å². The number of hydrogen-bond donors (Lipinski definition) is 1. The van der Waals surface area contributed by atoms with Gasteiger partial charge >= 0.3 is 0 Å². The van der Waals surface area contributed by atoms with Crippen LogP contribution >= 0.6 is 0 Å². The Morgan fingerprint density at radius 3 is 2.39 bits per heavy atom. The predicted molar refractivity (Wildman–Crippen MR) is 146 cm³/mol. The summed E-state index contributed by atoms with van der Waals surface area (Å²) in [5.41, 5.74) is 7.59. The molecule has 1 N–H and O–H groups in total. The predicted octanol–water partition coefficient (Wildman–Crippen LogP) is 7.86. The Morgan fingerprint density at radius 1 is 0.970 bits per heavy atom. The van der Waals surface area contributed by atoms with Crippen LogP contribution in [0.3, 0.4) is 0 Å². The largest absolute Gasteiger partial charge is 0.371 e. The lowest BCUT2D eigenvalue weighted by Gasteiger charge is -2.32. The van der Waals surface area contributed by atoms with E-state index in [4.69, 9.17) is 0 Å². The molecule has 4 rings (SSSR count). The molecule has 2 aliphatic heterocycles. The molecule has 0 radical (unpaired) electrons. The van der Waals surface area contributed by atoms with Crippen molar-refractivity contribution in [3.8, 4) is 0 Å². The van der Waals surface area contributed by atoms with Gasteiger partial charge in [-0.15, -0.1) is 0 Å². The van der Waals surface area contributed by atoms with Gasteiger partial charge in [-0.3, -0.25) is 0 Å². The topological polar surface area (TPSA) is 15.3 Å². The van der Waals surface area contributed by atoms with E-state index in [2.05, 4.69) is 80.4 Å². The highest BCUT2D eigenvalue weighted by Gasteiger charge is 2.18. The van der Waals surface area contributed by atoms with Gasteiger partial charge in [0.2, 0.25) is 0 Å². The maximum atomic E-state index is 3.41. The molecule has 1 saturated heterocycles. The molecule has 0 saturated carbocycles. The number of rotatable bonds is 8. The number of nitrogens with one attached hydrogen (secondary N) is 1. The summed E-state index contributed by atoms with van der Waals surface area (Å²) in [5, 5.41) is 3.41. The van der Waals surface area contributed by atoms with Crippen LogP contribution in [-0.4, -0.2) is 26.2 Å². The van der Waals surface area contributed by atoms with Gasteiger partial charge in [0, 0.05) is 18.8 Å². The summed E-state index contributed by atoms with van der Waals surface area (Å²) in [6, 6.07) is 16.4. The Balaban J connectivity index is 0.000000194. The van der Waals surface area contributed by atoms with Crippen molar-refractivity contribution >= 4 is 5.69 Å². The summed E-state index contributed by atoms with van der Waals surface area (Å²) in [6.07, 6.45) is 11.6. The molecule has 2 aliphatic rings. The van der Waals surface area contributed by atoms with E-state index in [0.717, 1.165) is 12.3 Å². The molecule has 0 aliphatic carbocycles. The third-order valence-corrected chi connectivity index (χ3v) is 7.74. The second kappa shape index (κ2) is 13.8. The lowest BCUT2D eigenvalue weighted by Crippen LogP contribution is -2.30. The van der Waals surface area contributed by atoms with Crippen LogP contribution in [0, 0.1) is 0 Å². The maximum Gasteiger partial charge on any atom is 0.0401 e. The van der Waals surface area contributed by atoms with Crippen molar-refractivity contribution < 1.29 is 0 Å². The van der Waals surface area contributed by atoms with Gasteiger partial charge in [-0.25, -0.2) is 0 Å². The minimum atomic E-state index is 0.685. The monoisotopic (exact) mass is 448 g/mol. The quantitative estimate of drug-likeness (QED) is 0.413. The highest BCUT2D eigenvalue weighted by Crippen LogP contribution is 2.31. The number of fused-ring (bicyclic) bond motifs is 1. The number of unbranched alkanes of at least 4 members (excludes halogenated alkanes) is 2. The highest BCUT2D eigenvalue weighted by molar-refractivity contribution is 5.57. The minimum absolute atomic E-state index is 0.685. The molecule has 182 valence electrons. The Hall–Kier alpha value is -1.80. The lowest BCUT2D eigenvalue weighted by molar-refractivity contribution is 0.460. The number of benzene rings is 2. The van der Waals surface area contributed by atoms with Gasteiger partial charge in [0.15, 0.2) is 0 Å². The molecule has 0 spiro atoms. The molecule has 2 aromatic carbocycles. The first-order chi connectivity index (χ1) is 16.2. The molecular weight excluding hydrogens is 400 g/mol. The highest BCUT2D eigenvalue weighted by atomic mass is 15.1. The van der Waals surface area contributed by atoms with Crippen molar-refractivity contribution in [1.29, 1.82) is 0 Å². The van der Waals surface area contributed by atoms with E-state index in [1.807, 2.05) is 0 Å². The first-order valence-electron chi connectivity index (χ1n) is 13.8. The van der Waals surface area contributed by atoms with E-state index >= 15 is 0 Å². The number of aryl methyl sites for hydroxylation is 2. The summed E-state index contributed by atoms with van der Waals surface area (Å²) in [5.74, 6) is 1.48. The number of piperidine rings is 1. The van der Waals surface area contributed by atoms with Crippen LogP contribution in [0.2, 0.25) is 0 Å². The molecule has 0 amide bonds. The first kappa shape index (κ1) is 25.8. The van der Waals surface area contributed by atoms with Crippen LogP contribution in [0.25, 0.3) is 0 Å². The summed E-state index contributed by atoms with van der Waals surface area (Å²) in [4.78, 5) is 2.63. The summed E-state index contributed by atoms with van der Waals surface area (Å²) < 4.78 is 0. The standard InChI is InChI=1S/C18H29N.C13H19N/c1-4-6-7-12-19-13-8-9-16-10-11-17(14-18(16)19)15(3)5-2;1-2-11-3-5-12(6-4-11)13-7-9-14-10-8-13/h10-11,14-15H,4-9,12-13H2,1-3H3;3-6,13-14H,2,7-10H2,1H3/t15-;/m1./s1. The van der Waals surface area contributed by atoms with Crippen LogP contribution < -0.4 is 10.2 Å². The van der Waals surface area contributed by atoms with Gasteiger partial charge in [0.05, 0.1) is 0 Å². The van der Waals surface area contributed by atoms with Crippen molar-refractivity contribution in [3.63, 3.8) is 0 Å². The molecule has 33 heavy (non-hydrogen) atoms. The van der Waals surface area contributed by atoms with Gasteiger partial charge in [0.1, 0.15) is 0 Å². The zero-order valence-electron chi connectivity index (χ0n) is 21.8. The van der Waals surface area contributed by atoms with Gasteiger partial charge in [-0.1, -0.05) is 76.9 Å². The molecule has 2 heteroatoms. The van der Waals surface area contributed by atoms with E-state index in [-0.39, 0.29) is 0 Å². The van der Waals surface area contributed by atoms with Crippen LogP contribution in [0.1, 0.15) is 107 Å². The fourth-order valence-electron chi connectivity index (χ4n) is 5.18. The van der Waals surface area contributed by atoms with Crippen molar-refractivity contribution in [2.24, 2.45) is 0 Å². The summed E-state index contributed by atoms with van der Waals surface area (Å²) in [6.45, 7) is 14.0. The zero-order valence-corrected chi connectivity index (χ0v) is 21.8. The van der Waals surface area contributed by atoms with Crippen molar-refractivity contribution in [2.45, 2.75) is 97.3 Å². The SMILES string of the molecule is CCCCCN1CCCc2ccc([C@H](C)CC)cc21.CCc1ccc(C2CCNCC2)cc1. The second-order valence-corrected chi connectivity index (χ2v) is 10.1. The average molecular weight is 449 g/mol. The van der Waals surface area contributed by atoms with E-state index in [0.29, 0.717) is 5.92 Å². The van der Waals surface area contributed by atoms with Crippen LogP contribution in [-0.2, 0) is 12.8 Å². The van der Waals surface area contributed by atoms with Crippen molar-refractivity contribution in [1.82, 2.24) is 5.32 Å². The summed E-state index contributed by atoms with van der Waals surface area (Å²) >= 11 is 0. The minimum Gasteiger partial charge on any atom is -0.371 e. The second-order valence-electron chi connectivity index (χ2n) is 10.1. The molecule has 2 nitrogen and oxygen atoms in total. The maximum absolute atomic E-state index is 3.41. The number of nitrogens with zero attached hydrogens (tertiary/aromatic N) is 1. The number of anilines is 1. The molecule has 2 heterocycles. The Morgan fingerprint density at radius 2 is 1.73 bits per heavy atom. The van der Waals surface area contributed by atoms with Gasteiger partial charge in [-0.2, -0.15) is 0 Å².